The molecular weight excluding hydrogens is 251 g/mol. The van der Waals surface area contributed by atoms with Crippen LogP contribution >= 0.6 is 0 Å². The molecule has 3 nitrogen and oxygen atoms in total. The lowest BCUT2D eigenvalue weighted by Gasteiger charge is -2.32. The second-order valence-electron chi connectivity index (χ2n) is 6.68. The molecule has 1 aromatic rings. The van der Waals surface area contributed by atoms with E-state index in [-0.39, 0.29) is 18.3 Å². The number of hydrogen-bond acceptors (Lipinski definition) is 3. The summed E-state index contributed by atoms with van der Waals surface area (Å²) in [6.07, 6.45) is 3.41. The Morgan fingerprint density at radius 3 is 2.35 bits per heavy atom. The van der Waals surface area contributed by atoms with Gasteiger partial charge in [0.2, 0.25) is 0 Å². The van der Waals surface area contributed by atoms with Crippen LogP contribution in [0.3, 0.4) is 0 Å². The van der Waals surface area contributed by atoms with Gasteiger partial charge in [-0.3, -0.25) is 0 Å². The van der Waals surface area contributed by atoms with E-state index in [1.165, 1.54) is 5.56 Å². The molecule has 3 rings (SSSR count). The molecule has 1 fully saturated rings. The number of hydrogen-bond donors (Lipinski definition) is 1. The minimum absolute atomic E-state index is 0.314. The van der Waals surface area contributed by atoms with Gasteiger partial charge < -0.3 is 14.4 Å². The molecule has 0 atom stereocenters. The van der Waals surface area contributed by atoms with Crippen LogP contribution in [0.2, 0.25) is 0 Å². The Kier molecular flexibility index (Phi) is 3.00. The van der Waals surface area contributed by atoms with Gasteiger partial charge in [-0.1, -0.05) is 18.2 Å². The summed E-state index contributed by atoms with van der Waals surface area (Å²) < 4.78 is 12.2. The topological polar surface area (TPSA) is 38.7 Å². The van der Waals surface area contributed by atoms with E-state index in [4.69, 9.17) is 9.31 Å². The molecule has 1 aliphatic heterocycles. The van der Waals surface area contributed by atoms with E-state index in [0.29, 0.717) is 12.2 Å². The molecule has 1 heterocycles. The quantitative estimate of drug-likeness (QED) is 0.799. The summed E-state index contributed by atoms with van der Waals surface area (Å²) in [7, 11) is -0.315. The number of aliphatic hydroxyl groups is 1. The van der Waals surface area contributed by atoms with Crippen molar-refractivity contribution < 1.29 is 14.4 Å². The first kappa shape index (κ1) is 13.7. The molecule has 106 valence electrons. The Morgan fingerprint density at radius 2 is 1.70 bits per heavy atom. The van der Waals surface area contributed by atoms with Crippen LogP contribution in [-0.4, -0.2) is 23.4 Å². The van der Waals surface area contributed by atoms with Crippen LogP contribution in [-0.2, 0) is 15.7 Å². The van der Waals surface area contributed by atoms with E-state index < -0.39 is 0 Å². The molecule has 20 heavy (non-hydrogen) atoms. The SMILES string of the molecule is CC1(C)OB(c2ccc3c(c2)CCC(O)=C3)OC1(C)C. The Balaban J connectivity index is 1.90. The van der Waals surface area contributed by atoms with Gasteiger partial charge >= 0.3 is 7.12 Å². The van der Waals surface area contributed by atoms with Crippen LogP contribution in [0.1, 0.15) is 45.2 Å². The van der Waals surface area contributed by atoms with Crippen LogP contribution in [0.25, 0.3) is 6.08 Å². The third-order valence-corrected chi connectivity index (χ3v) is 4.67. The lowest BCUT2D eigenvalue weighted by atomic mass is 9.76. The highest BCUT2D eigenvalue weighted by atomic mass is 16.7. The average molecular weight is 272 g/mol. The first-order valence-corrected chi connectivity index (χ1v) is 7.16. The number of allylic oxidation sites excluding steroid dienone is 1. The lowest BCUT2D eigenvalue weighted by molar-refractivity contribution is 0.00578. The molecule has 0 saturated carbocycles. The van der Waals surface area contributed by atoms with Crippen molar-refractivity contribution >= 4 is 18.7 Å². The van der Waals surface area contributed by atoms with Crippen LogP contribution < -0.4 is 5.46 Å². The standard InChI is InChI=1S/C16H21BO3/c1-15(2)16(3,4)20-17(19-15)13-7-5-12-10-14(18)8-6-11(12)9-13/h5,7,9-10,18H,6,8H2,1-4H3. The zero-order valence-corrected chi connectivity index (χ0v) is 12.6. The molecule has 2 aliphatic rings. The van der Waals surface area contributed by atoms with Gasteiger partial charge in [-0.05, 0) is 56.8 Å². The third kappa shape index (κ3) is 2.17. The summed E-state index contributed by atoms with van der Waals surface area (Å²) in [5.74, 6) is 0.459. The van der Waals surface area contributed by atoms with Gasteiger partial charge in [-0.25, -0.2) is 0 Å². The van der Waals surface area contributed by atoms with Gasteiger partial charge in [0.15, 0.2) is 0 Å². The van der Waals surface area contributed by atoms with Crippen molar-refractivity contribution in [3.63, 3.8) is 0 Å². The third-order valence-electron chi connectivity index (χ3n) is 4.67. The number of benzene rings is 1. The maximum absolute atomic E-state index is 9.59. The van der Waals surface area contributed by atoms with E-state index in [2.05, 4.69) is 33.8 Å². The summed E-state index contributed by atoms with van der Waals surface area (Å²) in [6.45, 7) is 8.25. The highest BCUT2D eigenvalue weighted by molar-refractivity contribution is 6.62. The van der Waals surface area contributed by atoms with Crippen molar-refractivity contribution in [3.05, 3.63) is 35.1 Å². The molecule has 1 aliphatic carbocycles. The van der Waals surface area contributed by atoms with Crippen molar-refractivity contribution in [1.29, 1.82) is 0 Å². The van der Waals surface area contributed by atoms with Gasteiger partial charge in [0.05, 0.1) is 17.0 Å². The largest absolute Gasteiger partial charge is 0.512 e. The predicted octanol–water partition coefficient (Wildman–Crippen LogP) is 2.83. The molecule has 1 saturated heterocycles. The summed E-state index contributed by atoms with van der Waals surface area (Å²) in [5, 5.41) is 9.59. The average Bonchev–Trinajstić information content (AvgIpc) is 2.58. The maximum Gasteiger partial charge on any atom is 0.494 e. The minimum atomic E-state index is -0.315. The zero-order valence-electron chi connectivity index (χ0n) is 12.6. The molecule has 4 heteroatoms. The minimum Gasteiger partial charge on any atom is -0.512 e. The highest BCUT2D eigenvalue weighted by Gasteiger charge is 2.51. The van der Waals surface area contributed by atoms with Gasteiger partial charge in [0.25, 0.3) is 0 Å². The van der Waals surface area contributed by atoms with E-state index in [1.54, 1.807) is 0 Å². The fourth-order valence-electron chi connectivity index (χ4n) is 2.62. The Labute approximate surface area is 120 Å². The highest BCUT2D eigenvalue weighted by Crippen LogP contribution is 2.36. The van der Waals surface area contributed by atoms with E-state index in [0.717, 1.165) is 17.4 Å². The smallest absolute Gasteiger partial charge is 0.494 e. The Morgan fingerprint density at radius 1 is 1.05 bits per heavy atom. The molecule has 0 bridgehead atoms. The molecule has 0 unspecified atom stereocenters. The van der Waals surface area contributed by atoms with Gasteiger partial charge in [0.1, 0.15) is 0 Å². The van der Waals surface area contributed by atoms with Crippen molar-refractivity contribution in [2.75, 3.05) is 0 Å². The normalized spacial score (nSPS) is 23.4. The Bertz CT molecular complexity index is 559. The molecule has 0 spiro atoms. The summed E-state index contributed by atoms with van der Waals surface area (Å²) in [6, 6.07) is 6.20. The summed E-state index contributed by atoms with van der Waals surface area (Å²) in [4.78, 5) is 0. The molecule has 1 N–H and O–H groups in total. The summed E-state index contributed by atoms with van der Waals surface area (Å²) in [5.41, 5.74) is 2.76. The van der Waals surface area contributed by atoms with Crippen LogP contribution in [0.4, 0.5) is 0 Å². The zero-order chi connectivity index (χ0) is 14.5. The lowest BCUT2D eigenvalue weighted by Crippen LogP contribution is -2.41. The second-order valence-corrected chi connectivity index (χ2v) is 6.68. The maximum atomic E-state index is 9.59. The molecule has 0 amide bonds. The number of aryl methyl sites for hydroxylation is 1. The van der Waals surface area contributed by atoms with Crippen LogP contribution in [0, 0.1) is 0 Å². The first-order chi connectivity index (χ1) is 9.28. The molecule has 1 aromatic carbocycles. The van der Waals surface area contributed by atoms with E-state index in [1.807, 2.05) is 18.2 Å². The van der Waals surface area contributed by atoms with Crippen LogP contribution in [0.5, 0.6) is 0 Å². The second kappa shape index (κ2) is 4.37. The van der Waals surface area contributed by atoms with Gasteiger partial charge in [-0.15, -0.1) is 0 Å². The van der Waals surface area contributed by atoms with E-state index in [9.17, 15) is 5.11 Å². The summed E-state index contributed by atoms with van der Waals surface area (Å²) >= 11 is 0. The van der Waals surface area contributed by atoms with Gasteiger partial charge in [0, 0.05) is 6.42 Å². The van der Waals surface area contributed by atoms with Crippen molar-refractivity contribution in [1.82, 2.24) is 0 Å². The number of fused-ring (bicyclic) bond motifs is 1. The number of rotatable bonds is 1. The predicted molar refractivity (Wildman–Crippen MR) is 81.1 cm³/mol. The van der Waals surface area contributed by atoms with Gasteiger partial charge in [-0.2, -0.15) is 0 Å². The van der Waals surface area contributed by atoms with Crippen molar-refractivity contribution in [2.24, 2.45) is 0 Å². The number of aliphatic hydroxyl groups excluding tert-OH is 1. The van der Waals surface area contributed by atoms with Crippen molar-refractivity contribution in [2.45, 2.75) is 51.7 Å². The Hall–Kier alpha value is -1.26. The molecule has 0 radical (unpaired) electrons. The van der Waals surface area contributed by atoms with Crippen LogP contribution in [0.15, 0.2) is 24.0 Å². The molecular formula is C16H21BO3. The van der Waals surface area contributed by atoms with E-state index >= 15 is 0 Å². The first-order valence-electron chi connectivity index (χ1n) is 7.16. The monoisotopic (exact) mass is 272 g/mol. The fourth-order valence-corrected chi connectivity index (χ4v) is 2.62. The fraction of sp³-hybridized carbons (Fsp3) is 0.500. The molecule has 0 aromatic heterocycles. The van der Waals surface area contributed by atoms with Crippen molar-refractivity contribution in [3.8, 4) is 0 Å².